The first kappa shape index (κ1) is 15.0. The molecule has 1 aliphatic rings. The van der Waals surface area contributed by atoms with Gasteiger partial charge in [0.05, 0.1) is 0 Å². The van der Waals surface area contributed by atoms with Gasteiger partial charge in [0.2, 0.25) is 0 Å². The van der Waals surface area contributed by atoms with Crippen LogP contribution >= 0.6 is 0 Å². The van der Waals surface area contributed by atoms with Crippen molar-refractivity contribution >= 4 is 0 Å². The highest BCUT2D eigenvalue weighted by molar-refractivity contribution is 4.93. The predicted molar refractivity (Wildman–Crippen MR) is 76.0 cm³/mol. The van der Waals surface area contributed by atoms with E-state index in [-0.39, 0.29) is 5.41 Å². The standard InChI is InChI=1S/C15H32N2/c1-7-13(16)14(15(4,5)6)17-9-8-11(2)12(3)10-17/h11-14H,7-10,16H2,1-6H3. The molecule has 1 aliphatic heterocycles. The molecule has 0 spiro atoms. The van der Waals surface area contributed by atoms with Gasteiger partial charge in [-0.15, -0.1) is 0 Å². The molecule has 0 bridgehead atoms. The predicted octanol–water partition coefficient (Wildman–Crippen LogP) is 3.12. The zero-order valence-electron chi connectivity index (χ0n) is 12.7. The van der Waals surface area contributed by atoms with Crippen LogP contribution in [-0.4, -0.2) is 30.1 Å². The summed E-state index contributed by atoms with van der Waals surface area (Å²) >= 11 is 0. The van der Waals surface area contributed by atoms with Crippen LogP contribution in [-0.2, 0) is 0 Å². The van der Waals surface area contributed by atoms with Crippen LogP contribution in [0.1, 0.15) is 54.4 Å². The van der Waals surface area contributed by atoms with Gasteiger partial charge < -0.3 is 5.73 Å². The maximum absolute atomic E-state index is 6.37. The van der Waals surface area contributed by atoms with Gasteiger partial charge in [-0.2, -0.15) is 0 Å². The summed E-state index contributed by atoms with van der Waals surface area (Å²) in [7, 11) is 0. The molecule has 0 amide bonds. The Labute approximate surface area is 108 Å². The average molecular weight is 240 g/mol. The first-order valence-electron chi connectivity index (χ1n) is 7.27. The van der Waals surface area contributed by atoms with Gasteiger partial charge in [-0.1, -0.05) is 41.5 Å². The number of hydrogen-bond donors (Lipinski definition) is 1. The molecule has 0 radical (unpaired) electrons. The summed E-state index contributed by atoms with van der Waals surface area (Å²) in [4.78, 5) is 2.65. The van der Waals surface area contributed by atoms with Gasteiger partial charge in [0.15, 0.2) is 0 Å². The Hall–Kier alpha value is -0.0800. The van der Waals surface area contributed by atoms with Crippen molar-refractivity contribution in [2.24, 2.45) is 23.0 Å². The minimum atomic E-state index is 0.274. The maximum Gasteiger partial charge on any atom is 0.0295 e. The normalized spacial score (nSPS) is 31.2. The van der Waals surface area contributed by atoms with E-state index in [9.17, 15) is 0 Å². The van der Waals surface area contributed by atoms with Crippen LogP contribution in [0.25, 0.3) is 0 Å². The Balaban J connectivity index is 2.78. The van der Waals surface area contributed by atoms with Gasteiger partial charge in [0, 0.05) is 18.6 Å². The average Bonchev–Trinajstić information content (AvgIpc) is 2.21. The van der Waals surface area contributed by atoms with E-state index < -0.39 is 0 Å². The monoisotopic (exact) mass is 240 g/mol. The summed E-state index contributed by atoms with van der Waals surface area (Å²) in [5.41, 5.74) is 6.65. The molecule has 1 heterocycles. The van der Waals surface area contributed by atoms with Crippen molar-refractivity contribution in [3.05, 3.63) is 0 Å². The molecule has 4 unspecified atom stereocenters. The molecule has 0 aromatic rings. The van der Waals surface area contributed by atoms with E-state index in [1.807, 2.05) is 0 Å². The van der Waals surface area contributed by atoms with Crippen molar-refractivity contribution in [1.82, 2.24) is 4.90 Å². The first-order valence-corrected chi connectivity index (χ1v) is 7.27. The number of rotatable bonds is 3. The van der Waals surface area contributed by atoms with Crippen molar-refractivity contribution in [2.75, 3.05) is 13.1 Å². The fourth-order valence-corrected chi connectivity index (χ4v) is 3.23. The number of likely N-dealkylation sites (tertiary alicyclic amines) is 1. The third kappa shape index (κ3) is 3.69. The van der Waals surface area contributed by atoms with Crippen LogP contribution in [0.2, 0.25) is 0 Å². The van der Waals surface area contributed by atoms with Crippen molar-refractivity contribution in [3.63, 3.8) is 0 Å². The lowest BCUT2D eigenvalue weighted by atomic mass is 9.78. The lowest BCUT2D eigenvalue weighted by Crippen LogP contribution is -2.57. The summed E-state index contributed by atoms with van der Waals surface area (Å²) in [6, 6.07) is 0.818. The topological polar surface area (TPSA) is 29.3 Å². The molecule has 1 rings (SSSR count). The van der Waals surface area contributed by atoms with Crippen LogP contribution in [0.4, 0.5) is 0 Å². The highest BCUT2D eigenvalue weighted by atomic mass is 15.2. The van der Waals surface area contributed by atoms with Crippen molar-refractivity contribution in [2.45, 2.75) is 66.5 Å². The SMILES string of the molecule is CCC(N)C(N1CCC(C)C(C)C1)C(C)(C)C. The lowest BCUT2D eigenvalue weighted by Gasteiger charge is -2.47. The first-order chi connectivity index (χ1) is 7.77. The second-order valence-electron chi connectivity index (χ2n) is 7.12. The van der Waals surface area contributed by atoms with E-state index in [0.29, 0.717) is 12.1 Å². The van der Waals surface area contributed by atoms with Crippen LogP contribution in [0.3, 0.4) is 0 Å². The Kier molecular flexibility index (Phi) is 5.03. The Morgan fingerprint density at radius 2 is 1.82 bits per heavy atom. The van der Waals surface area contributed by atoms with E-state index in [1.54, 1.807) is 0 Å². The van der Waals surface area contributed by atoms with Crippen molar-refractivity contribution in [1.29, 1.82) is 0 Å². The molecule has 0 aliphatic carbocycles. The molecule has 0 saturated carbocycles. The molecule has 2 N–H and O–H groups in total. The third-order valence-electron chi connectivity index (χ3n) is 4.52. The van der Waals surface area contributed by atoms with Crippen LogP contribution in [0.15, 0.2) is 0 Å². The summed E-state index contributed by atoms with van der Waals surface area (Å²) in [5.74, 6) is 1.67. The molecule has 1 saturated heterocycles. The van der Waals surface area contributed by atoms with Gasteiger partial charge >= 0.3 is 0 Å². The largest absolute Gasteiger partial charge is 0.326 e. The van der Waals surface area contributed by atoms with E-state index in [4.69, 9.17) is 5.73 Å². The number of nitrogens with zero attached hydrogens (tertiary/aromatic N) is 1. The summed E-state index contributed by atoms with van der Waals surface area (Å²) in [6.45, 7) is 16.4. The molecular formula is C15H32N2. The third-order valence-corrected chi connectivity index (χ3v) is 4.52. The lowest BCUT2D eigenvalue weighted by molar-refractivity contribution is 0.0262. The van der Waals surface area contributed by atoms with Crippen LogP contribution in [0.5, 0.6) is 0 Å². The highest BCUT2D eigenvalue weighted by Gasteiger charge is 2.37. The van der Waals surface area contributed by atoms with Crippen molar-refractivity contribution < 1.29 is 0 Å². The summed E-state index contributed by atoms with van der Waals surface area (Å²) < 4.78 is 0. The summed E-state index contributed by atoms with van der Waals surface area (Å²) in [5, 5.41) is 0. The van der Waals surface area contributed by atoms with Gasteiger partial charge in [0.25, 0.3) is 0 Å². The second kappa shape index (κ2) is 5.71. The molecule has 2 heteroatoms. The fraction of sp³-hybridized carbons (Fsp3) is 1.00. The quantitative estimate of drug-likeness (QED) is 0.821. The van der Waals surface area contributed by atoms with Crippen molar-refractivity contribution in [3.8, 4) is 0 Å². The fourth-order valence-electron chi connectivity index (χ4n) is 3.23. The number of piperidine rings is 1. The smallest absolute Gasteiger partial charge is 0.0295 e. The van der Waals surface area contributed by atoms with Crippen LogP contribution < -0.4 is 5.73 Å². The van der Waals surface area contributed by atoms with E-state index >= 15 is 0 Å². The van der Waals surface area contributed by atoms with Gasteiger partial charge in [-0.05, 0) is 36.6 Å². The minimum Gasteiger partial charge on any atom is -0.326 e. The number of hydrogen-bond acceptors (Lipinski definition) is 2. The molecule has 17 heavy (non-hydrogen) atoms. The van der Waals surface area contributed by atoms with E-state index in [1.165, 1.54) is 19.5 Å². The zero-order chi connectivity index (χ0) is 13.2. The Morgan fingerprint density at radius 1 is 1.24 bits per heavy atom. The highest BCUT2D eigenvalue weighted by Crippen LogP contribution is 2.32. The molecular weight excluding hydrogens is 208 g/mol. The van der Waals surface area contributed by atoms with Gasteiger partial charge in [-0.3, -0.25) is 4.90 Å². The zero-order valence-corrected chi connectivity index (χ0v) is 12.7. The number of nitrogens with two attached hydrogens (primary N) is 1. The van der Waals surface area contributed by atoms with E-state index in [2.05, 4.69) is 46.4 Å². The molecule has 4 atom stereocenters. The molecule has 102 valence electrons. The Bertz CT molecular complexity index is 232. The minimum absolute atomic E-state index is 0.274. The van der Waals surface area contributed by atoms with Gasteiger partial charge in [0.1, 0.15) is 0 Å². The molecule has 0 aromatic heterocycles. The second-order valence-corrected chi connectivity index (χ2v) is 7.12. The molecule has 2 nitrogen and oxygen atoms in total. The van der Waals surface area contributed by atoms with E-state index in [0.717, 1.165) is 18.3 Å². The molecule has 0 aromatic carbocycles. The summed E-state index contributed by atoms with van der Waals surface area (Å²) in [6.07, 6.45) is 2.40. The Morgan fingerprint density at radius 3 is 2.24 bits per heavy atom. The van der Waals surface area contributed by atoms with Gasteiger partial charge in [-0.25, -0.2) is 0 Å². The van der Waals surface area contributed by atoms with Crippen LogP contribution in [0, 0.1) is 17.3 Å². The maximum atomic E-state index is 6.37. The molecule has 1 fully saturated rings.